The summed E-state index contributed by atoms with van der Waals surface area (Å²) in [4.78, 5) is 37.2. The van der Waals surface area contributed by atoms with Gasteiger partial charge in [-0.15, -0.1) is 0 Å². The lowest BCUT2D eigenvalue weighted by atomic mass is 9.88. The van der Waals surface area contributed by atoms with Crippen molar-refractivity contribution in [2.24, 2.45) is 11.0 Å². The van der Waals surface area contributed by atoms with Gasteiger partial charge in [0.2, 0.25) is 5.91 Å². The van der Waals surface area contributed by atoms with Crippen LogP contribution in [0, 0.1) is 5.92 Å². The molecular formula is C25H20BrN3O4. The molecule has 1 aliphatic heterocycles. The highest BCUT2D eigenvalue weighted by atomic mass is 79.9. The van der Waals surface area contributed by atoms with Crippen molar-refractivity contribution in [2.75, 3.05) is 6.54 Å². The van der Waals surface area contributed by atoms with Crippen LogP contribution in [0.3, 0.4) is 0 Å². The van der Waals surface area contributed by atoms with Crippen LogP contribution in [-0.4, -0.2) is 30.5 Å². The van der Waals surface area contributed by atoms with Gasteiger partial charge in [-0.2, -0.15) is 5.10 Å². The molecule has 0 aromatic heterocycles. The fraction of sp³-hybridized carbons (Fsp3) is 0.120. The lowest BCUT2D eigenvalue weighted by Crippen LogP contribution is -2.34. The molecule has 1 fully saturated rings. The molecule has 0 saturated carbocycles. The molecule has 4 rings (SSSR count). The Hall–Kier alpha value is -3.78. The van der Waals surface area contributed by atoms with E-state index in [1.807, 2.05) is 36.4 Å². The maximum atomic E-state index is 12.7. The molecule has 33 heavy (non-hydrogen) atoms. The van der Waals surface area contributed by atoms with Crippen LogP contribution in [0.1, 0.15) is 27.4 Å². The molecule has 8 heteroatoms. The van der Waals surface area contributed by atoms with Gasteiger partial charge in [0.15, 0.2) is 0 Å². The molecule has 7 nitrogen and oxygen atoms in total. The number of hydrogen-bond acceptors (Lipinski definition) is 5. The summed E-state index contributed by atoms with van der Waals surface area (Å²) < 4.78 is 6.20. The van der Waals surface area contributed by atoms with E-state index in [2.05, 4.69) is 31.8 Å². The van der Waals surface area contributed by atoms with Gasteiger partial charge in [-0.3, -0.25) is 9.59 Å². The first-order valence-corrected chi connectivity index (χ1v) is 11.0. The van der Waals surface area contributed by atoms with Crippen LogP contribution in [0.5, 0.6) is 5.75 Å². The van der Waals surface area contributed by atoms with E-state index in [1.165, 1.54) is 6.21 Å². The van der Waals surface area contributed by atoms with Crippen molar-refractivity contribution in [1.29, 1.82) is 0 Å². The first kappa shape index (κ1) is 22.4. The van der Waals surface area contributed by atoms with Crippen molar-refractivity contribution >= 4 is 39.9 Å². The minimum Gasteiger partial charge on any atom is -0.423 e. The third-order valence-electron chi connectivity index (χ3n) is 5.21. The molecule has 0 radical (unpaired) electrons. The topological polar surface area (TPSA) is 96.9 Å². The Labute approximate surface area is 199 Å². The molecule has 0 spiro atoms. The zero-order chi connectivity index (χ0) is 23.2. The van der Waals surface area contributed by atoms with Crippen molar-refractivity contribution in [3.63, 3.8) is 0 Å². The molecule has 2 atom stereocenters. The summed E-state index contributed by atoms with van der Waals surface area (Å²) in [6.45, 7) is 0.399. The molecule has 0 aliphatic carbocycles. The average molecular weight is 506 g/mol. The number of hydrazone groups is 1. The molecule has 0 unspecified atom stereocenters. The number of benzene rings is 3. The summed E-state index contributed by atoms with van der Waals surface area (Å²) in [5.74, 6) is -2.06. The van der Waals surface area contributed by atoms with Gasteiger partial charge in [0.05, 0.1) is 11.8 Å². The second-order valence-electron chi connectivity index (χ2n) is 7.45. The van der Waals surface area contributed by atoms with Gasteiger partial charge in [-0.05, 0) is 41.5 Å². The standard InChI is InChI=1S/C25H20BrN3O4/c26-19-10-5-9-18(13-19)25(32)33-20-11-4-6-16(12-20)14-28-29-24(31)22-21(15-27-23(22)30)17-7-2-1-3-8-17/h1-14,21-22H,15H2,(H,27,30)(H,29,31)/b28-14+/t21-,22+/m0/s1. The van der Waals surface area contributed by atoms with Crippen LogP contribution in [0.15, 0.2) is 88.4 Å². The molecule has 2 amide bonds. The highest BCUT2D eigenvalue weighted by Gasteiger charge is 2.40. The van der Waals surface area contributed by atoms with Crippen LogP contribution in [0.2, 0.25) is 0 Å². The maximum absolute atomic E-state index is 12.7. The summed E-state index contributed by atoms with van der Waals surface area (Å²) in [5.41, 5.74) is 4.40. The monoisotopic (exact) mass is 505 g/mol. The number of carbonyl (C=O) groups excluding carboxylic acids is 3. The van der Waals surface area contributed by atoms with E-state index in [1.54, 1.807) is 42.5 Å². The number of halogens is 1. The second kappa shape index (κ2) is 10.2. The van der Waals surface area contributed by atoms with Crippen LogP contribution >= 0.6 is 15.9 Å². The Balaban J connectivity index is 1.39. The zero-order valence-corrected chi connectivity index (χ0v) is 19.0. The van der Waals surface area contributed by atoms with E-state index in [0.717, 1.165) is 10.0 Å². The van der Waals surface area contributed by atoms with Crippen molar-refractivity contribution in [3.05, 3.63) is 100 Å². The smallest absolute Gasteiger partial charge is 0.343 e. The summed E-state index contributed by atoms with van der Waals surface area (Å²) in [6.07, 6.45) is 1.43. The zero-order valence-electron chi connectivity index (χ0n) is 17.4. The Morgan fingerprint density at radius 3 is 2.61 bits per heavy atom. The lowest BCUT2D eigenvalue weighted by Gasteiger charge is -2.15. The van der Waals surface area contributed by atoms with Gasteiger partial charge in [-0.25, -0.2) is 10.2 Å². The number of nitrogens with one attached hydrogen (secondary N) is 2. The van der Waals surface area contributed by atoms with Crippen LogP contribution in [-0.2, 0) is 9.59 Å². The molecule has 3 aromatic rings. The number of esters is 1. The van der Waals surface area contributed by atoms with E-state index in [0.29, 0.717) is 23.4 Å². The van der Waals surface area contributed by atoms with Crippen LogP contribution < -0.4 is 15.5 Å². The van der Waals surface area contributed by atoms with Gasteiger partial charge < -0.3 is 10.1 Å². The number of rotatable bonds is 6. The highest BCUT2D eigenvalue weighted by Crippen LogP contribution is 2.29. The number of carbonyl (C=O) groups is 3. The molecule has 1 heterocycles. The van der Waals surface area contributed by atoms with Crippen LogP contribution in [0.25, 0.3) is 0 Å². The number of ether oxygens (including phenoxy) is 1. The third-order valence-corrected chi connectivity index (χ3v) is 5.70. The summed E-state index contributed by atoms with van der Waals surface area (Å²) >= 11 is 3.33. The molecular weight excluding hydrogens is 486 g/mol. The lowest BCUT2D eigenvalue weighted by molar-refractivity contribution is -0.133. The Bertz CT molecular complexity index is 1210. The summed E-state index contributed by atoms with van der Waals surface area (Å²) in [6, 6.07) is 23.1. The fourth-order valence-electron chi connectivity index (χ4n) is 3.61. The van der Waals surface area contributed by atoms with E-state index in [9.17, 15) is 14.4 Å². The minimum atomic E-state index is -0.859. The summed E-state index contributed by atoms with van der Waals surface area (Å²) in [5, 5.41) is 6.73. The quantitative estimate of drug-likeness (QED) is 0.175. The van der Waals surface area contributed by atoms with E-state index in [-0.39, 0.29) is 11.8 Å². The predicted octanol–water partition coefficient (Wildman–Crippen LogP) is 3.65. The van der Waals surface area contributed by atoms with Crippen molar-refractivity contribution in [3.8, 4) is 5.75 Å². The Kier molecular flexibility index (Phi) is 6.95. The molecule has 3 aromatic carbocycles. The van der Waals surface area contributed by atoms with Gasteiger partial charge in [0.25, 0.3) is 5.91 Å². The number of nitrogens with zero attached hydrogens (tertiary/aromatic N) is 1. The number of hydrogen-bond donors (Lipinski definition) is 2. The van der Waals surface area contributed by atoms with Crippen molar-refractivity contribution < 1.29 is 19.1 Å². The third kappa shape index (κ3) is 5.53. The summed E-state index contributed by atoms with van der Waals surface area (Å²) in [7, 11) is 0. The minimum absolute atomic E-state index is 0.255. The van der Waals surface area contributed by atoms with E-state index >= 15 is 0 Å². The molecule has 1 saturated heterocycles. The van der Waals surface area contributed by atoms with E-state index in [4.69, 9.17) is 4.74 Å². The molecule has 0 bridgehead atoms. The molecule has 2 N–H and O–H groups in total. The first-order valence-electron chi connectivity index (χ1n) is 10.2. The fourth-order valence-corrected chi connectivity index (χ4v) is 4.01. The van der Waals surface area contributed by atoms with E-state index < -0.39 is 17.8 Å². The van der Waals surface area contributed by atoms with Crippen molar-refractivity contribution in [1.82, 2.24) is 10.7 Å². The Morgan fingerprint density at radius 2 is 1.82 bits per heavy atom. The highest BCUT2D eigenvalue weighted by molar-refractivity contribution is 9.10. The van der Waals surface area contributed by atoms with Gasteiger partial charge in [-0.1, -0.05) is 64.5 Å². The normalized spacial score (nSPS) is 17.5. The molecule has 166 valence electrons. The SMILES string of the molecule is O=C(Oc1cccc(/C=N/NC(=O)[C@H]2C(=O)NC[C@H]2c2ccccc2)c1)c1cccc(Br)c1. The van der Waals surface area contributed by atoms with Gasteiger partial charge in [0, 0.05) is 16.9 Å². The number of amides is 2. The first-order chi connectivity index (χ1) is 16.0. The average Bonchev–Trinajstić information content (AvgIpc) is 3.21. The maximum Gasteiger partial charge on any atom is 0.343 e. The second-order valence-corrected chi connectivity index (χ2v) is 8.36. The van der Waals surface area contributed by atoms with Gasteiger partial charge in [0.1, 0.15) is 11.7 Å². The van der Waals surface area contributed by atoms with Crippen molar-refractivity contribution in [2.45, 2.75) is 5.92 Å². The largest absolute Gasteiger partial charge is 0.423 e. The predicted molar refractivity (Wildman–Crippen MR) is 127 cm³/mol. The Morgan fingerprint density at radius 1 is 1.03 bits per heavy atom. The molecule has 1 aliphatic rings. The van der Waals surface area contributed by atoms with Crippen LogP contribution in [0.4, 0.5) is 0 Å². The van der Waals surface area contributed by atoms with Gasteiger partial charge >= 0.3 is 5.97 Å².